The van der Waals surface area contributed by atoms with E-state index in [9.17, 15) is 14.9 Å². The van der Waals surface area contributed by atoms with Gasteiger partial charge >= 0.3 is 0 Å². The molecule has 1 spiro atoms. The van der Waals surface area contributed by atoms with Crippen LogP contribution in [0.2, 0.25) is 10.0 Å². The number of rotatable bonds is 7. The van der Waals surface area contributed by atoms with Gasteiger partial charge in [0.2, 0.25) is 0 Å². The number of amides is 1. The van der Waals surface area contributed by atoms with E-state index in [0.717, 1.165) is 5.56 Å². The molecule has 8 nitrogen and oxygen atoms in total. The molecule has 1 saturated heterocycles. The van der Waals surface area contributed by atoms with Crippen LogP contribution in [-0.2, 0) is 16.9 Å². The van der Waals surface area contributed by atoms with Crippen molar-refractivity contribution in [2.24, 2.45) is 0 Å². The third kappa shape index (κ3) is 4.19. The molecule has 0 aliphatic carbocycles. The molecule has 0 aromatic heterocycles. The first kappa shape index (κ1) is 25.3. The maximum atomic E-state index is 13.3. The minimum absolute atomic E-state index is 0.194. The van der Waals surface area contributed by atoms with Crippen LogP contribution in [0.15, 0.2) is 60.7 Å². The molecule has 3 aromatic rings. The van der Waals surface area contributed by atoms with Crippen LogP contribution in [0.5, 0.6) is 11.5 Å². The van der Waals surface area contributed by atoms with Gasteiger partial charge in [0.15, 0.2) is 17.0 Å². The van der Waals surface area contributed by atoms with E-state index in [4.69, 9.17) is 32.7 Å². The lowest BCUT2D eigenvalue weighted by molar-refractivity contribution is -0.534. The van der Waals surface area contributed by atoms with E-state index in [0.29, 0.717) is 51.5 Å². The van der Waals surface area contributed by atoms with Crippen molar-refractivity contribution in [2.45, 2.75) is 31.0 Å². The highest BCUT2D eigenvalue weighted by Gasteiger charge is 2.68. The third-order valence-electron chi connectivity index (χ3n) is 7.14. The number of nitro groups is 1. The van der Waals surface area contributed by atoms with Crippen molar-refractivity contribution < 1.29 is 19.2 Å². The summed E-state index contributed by atoms with van der Waals surface area (Å²) in [6, 6.07) is 16.4. The number of benzene rings is 3. The SMILES string of the molecule is CCOc1cc([C@@H]2CN(C)[C@@]3(C(=O)Nc4ccccc43)[C@H]2[N+](=O)[O-])ccc1OCc1ccc(Cl)cc1Cl. The summed E-state index contributed by atoms with van der Waals surface area (Å²) < 4.78 is 11.9. The molecule has 2 aliphatic rings. The number of para-hydroxylation sites is 1. The van der Waals surface area contributed by atoms with Crippen LogP contribution in [0.4, 0.5) is 5.69 Å². The molecule has 5 rings (SSSR count). The molecule has 3 atom stereocenters. The molecular formula is C27H25Cl2N3O5. The van der Waals surface area contributed by atoms with E-state index >= 15 is 0 Å². The Morgan fingerprint density at radius 2 is 1.89 bits per heavy atom. The first-order valence-electron chi connectivity index (χ1n) is 11.9. The van der Waals surface area contributed by atoms with E-state index in [-0.39, 0.29) is 17.4 Å². The molecule has 37 heavy (non-hydrogen) atoms. The summed E-state index contributed by atoms with van der Waals surface area (Å²) >= 11 is 12.3. The number of anilines is 1. The Balaban J connectivity index is 1.49. The topological polar surface area (TPSA) is 93.9 Å². The van der Waals surface area contributed by atoms with E-state index < -0.39 is 17.5 Å². The molecule has 0 unspecified atom stereocenters. The summed E-state index contributed by atoms with van der Waals surface area (Å²) in [5.74, 6) is 0.00690. The number of carbonyl (C=O) groups excluding carboxylic acids is 1. The molecule has 0 saturated carbocycles. The van der Waals surface area contributed by atoms with Gasteiger partial charge in [-0.25, -0.2) is 0 Å². The Morgan fingerprint density at radius 1 is 1.11 bits per heavy atom. The zero-order valence-corrected chi connectivity index (χ0v) is 21.8. The first-order chi connectivity index (χ1) is 17.8. The van der Waals surface area contributed by atoms with Crippen LogP contribution < -0.4 is 14.8 Å². The second-order valence-corrected chi connectivity index (χ2v) is 9.99. The van der Waals surface area contributed by atoms with Crippen molar-refractivity contribution >= 4 is 34.8 Å². The van der Waals surface area contributed by atoms with Crippen molar-refractivity contribution in [3.8, 4) is 11.5 Å². The molecule has 0 radical (unpaired) electrons. The van der Waals surface area contributed by atoms with E-state index in [1.54, 1.807) is 72.6 Å². The fourth-order valence-corrected chi connectivity index (χ4v) is 5.98. The van der Waals surface area contributed by atoms with Crippen molar-refractivity contribution in [1.82, 2.24) is 4.90 Å². The second-order valence-electron chi connectivity index (χ2n) is 9.15. The Kier molecular flexibility index (Phi) is 6.74. The Morgan fingerprint density at radius 3 is 2.62 bits per heavy atom. The van der Waals surface area contributed by atoms with Crippen LogP contribution in [-0.4, -0.2) is 42.0 Å². The van der Waals surface area contributed by atoms with Gasteiger partial charge < -0.3 is 14.8 Å². The number of halogens is 2. The highest BCUT2D eigenvalue weighted by molar-refractivity contribution is 6.35. The highest BCUT2D eigenvalue weighted by Crippen LogP contribution is 2.52. The van der Waals surface area contributed by atoms with Crippen LogP contribution >= 0.6 is 23.2 Å². The van der Waals surface area contributed by atoms with Gasteiger partial charge in [-0.3, -0.25) is 19.8 Å². The van der Waals surface area contributed by atoms with Gasteiger partial charge in [0.05, 0.1) is 12.5 Å². The summed E-state index contributed by atoms with van der Waals surface area (Å²) in [4.78, 5) is 27.4. The molecule has 1 fully saturated rings. The van der Waals surface area contributed by atoms with Gasteiger partial charge in [-0.2, -0.15) is 0 Å². The number of ether oxygens (including phenoxy) is 2. The molecule has 0 bridgehead atoms. The molecule has 192 valence electrons. The number of nitrogens with one attached hydrogen (secondary N) is 1. The normalized spacial score (nSPS) is 22.6. The fraction of sp³-hybridized carbons (Fsp3) is 0.296. The number of likely N-dealkylation sites (N-methyl/N-ethyl adjacent to an activating group) is 1. The number of hydrogen-bond acceptors (Lipinski definition) is 6. The number of carbonyl (C=O) groups is 1. The minimum Gasteiger partial charge on any atom is -0.490 e. The zero-order chi connectivity index (χ0) is 26.3. The summed E-state index contributed by atoms with van der Waals surface area (Å²) in [7, 11) is 1.76. The van der Waals surface area contributed by atoms with Gasteiger partial charge in [0, 0.05) is 38.3 Å². The average molecular weight is 542 g/mol. The van der Waals surface area contributed by atoms with Crippen molar-refractivity contribution in [3.05, 3.63) is 97.5 Å². The van der Waals surface area contributed by atoms with Gasteiger partial charge in [-0.05, 0) is 49.9 Å². The maximum Gasteiger partial charge on any atom is 0.256 e. The second kappa shape index (κ2) is 9.85. The van der Waals surface area contributed by atoms with Crippen LogP contribution in [0, 0.1) is 10.1 Å². The minimum atomic E-state index is -1.41. The molecule has 2 aliphatic heterocycles. The van der Waals surface area contributed by atoms with Crippen molar-refractivity contribution in [1.29, 1.82) is 0 Å². The zero-order valence-electron chi connectivity index (χ0n) is 20.2. The van der Waals surface area contributed by atoms with E-state index in [2.05, 4.69) is 5.32 Å². The number of hydrogen-bond donors (Lipinski definition) is 1. The standard InChI is InChI=1S/C27H25Cl2N3O5/c1-3-36-24-12-16(9-11-23(24)37-15-17-8-10-18(28)13-21(17)29)19-14-31(2)27(25(19)32(34)35)20-6-4-5-7-22(20)30-26(27)33/h4-13,19,25H,3,14-15H2,1-2H3,(H,30,33)/t19-,25-,27+/m0/s1. The Labute approximate surface area is 224 Å². The molecule has 2 heterocycles. The molecular weight excluding hydrogens is 517 g/mol. The monoisotopic (exact) mass is 541 g/mol. The van der Waals surface area contributed by atoms with Crippen LogP contribution in [0.1, 0.15) is 29.5 Å². The van der Waals surface area contributed by atoms with E-state index in [1.165, 1.54) is 0 Å². The molecule has 10 heteroatoms. The first-order valence-corrected chi connectivity index (χ1v) is 12.6. The molecule has 1 amide bonds. The van der Waals surface area contributed by atoms with Gasteiger partial charge in [0.25, 0.3) is 11.9 Å². The lowest BCUT2D eigenvalue weighted by Crippen LogP contribution is -2.54. The lowest BCUT2D eigenvalue weighted by Gasteiger charge is -2.30. The van der Waals surface area contributed by atoms with Gasteiger partial charge in [0.1, 0.15) is 6.61 Å². The van der Waals surface area contributed by atoms with Crippen LogP contribution in [0.25, 0.3) is 0 Å². The number of fused-ring (bicyclic) bond motifs is 2. The maximum absolute atomic E-state index is 13.3. The average Bonchev–Trinajstić information content (AvgIpc) is 3.34. The highest BCUT2D eigenvalue weighted by atomic mass is 35.5. The fourth-order valence-electron chi connectivity index (χ4n) is 5.52. The molecule has 3 aromatic carbocycles. The predicted octanol–water partition coefficient (Wildman–Crippen LogP) is 5.49. The lowest BCUT2D eigenvalue weighted by atomic mass is 9.79. The number of nitrogens with zero attached hydrogens (tertiary/aromatic N) is 2. The van der Waals surface area contributed by atoms with E-state index in [1.807, 2.05) is 6.92 Å². The Hall–Kier alpha value is -3.33. The van der Waals surface area contributed by atoms with Gasteiger partial charge in [-0.1, -0.05) is 53.5 Å². The van der Waals surface area contributed by atoms with Crippen molar-refractivity contribution in [2.75, 3.05) is 25.5 Å². The summed E-state index contributed by atoms with van der Waals surface area (Å²) in [5.41, 5.74) is 1.28. The van der Waals surface area contributed by atoms with Gasteiger partial charge in [-0.15, -0.1) is 0 Å². The third-order valence-corrected chi connectivity index (χ3v) is 7.72. The Bertz CT molecular complexity index is 1380. The largest absolute Gasteiger partial charge is 0.490 e. The summed E-state index contributed by atoms with van der Waals surface area (Å²) in [5, 5.41) is 16.4. The smallest absolute Gasteiger partial charge is 0.256 e. The quantitative estimate of drug-likeness (QED) is 0.314. The molecule has 1 N–H and O–H groups in total. The number of likely N-dealkylation sites (tertiary alicyclic amines) is 1. The van der Waals surface area contributed by atoms with Crippen LogP contribution in [0.3, 0.4) is 0 Å². The summed E-state index contributed by atoms with van der Waals surface area (Å²) in [6.45, 7) is 2.74. The summed E-state index contributed by atoms with van der Waals surface area (Å²) in [6.07, 6.45) is 0. The van der Waals surface area contributed by atoms with Crippen molar-refractivity contribution in [3.63, 3.8) is 0 Å². The predicted molar refractivity (Wildman–Crippen MR) is 141 cm³/mol.